The summed E-state index contributed by atoms with van der Waals surface area (Å²) in [6, 6.07) is 10.5. The minimum atomic E-state index is -5.52. The van der Waals surface area contributed by atoms with Crippen molar-refractivity contribution in [2.24, 2.45) is 0 Å². The van der Waals surface area contributed by atoms with Crippen molar-refractivity contribution in [2.45, 2.75) is 49.5 Å². The molecule has 0 heterocycles. The van der Waals surface area contributed by atoms with E-state index in [1.54, 1.807) is 12.1 Å². The Morgan fingerprint density at radius 3 is 2.00 bits per heavy atom. The number of carbonyl (C=O) groups excluding carboxylic acids is 1. The molecule has 0 atom stereocenters. The van der Waals surface area contributed by atoms with Crippen LogP contribution in [0.4, 0.5) is 27.6 Å². The fraction of sp³-hybridized carbons (Fsp3) is 0.290. The highest BCUT2D eigenvalue weighted by Crippen LogP contribution is 2.34. The highest BCUT2D eigenvalue weighted by atomic mass is 32.2. The number of carbonyl (C=O) groups is 2. The molecule has 0 spiro atoms. The number of aromatic carboxylic acids is 1. The van der Waals surface area contributed by atoms with Crippen LogP contribution in [-0.2, 0) is 21.4 Å². The summed E-state index contributed by atoms with van der Waals surface area (Å²) in [6.45, 7) is 1.21. The Kier molecular flexibility index (Phi) is 10.3. The van der Waals surface area contributed by atoms with Crippen LogP contribution in [0.15, 0.2) is 60.0 Å². The maximum atomic E-state index is 14.5. The Bertz CT molecular complexity index is 1700. The summed E-state index contributed by atoms with van der Waals surface area (Å²) in [5.41, 5.74) is 1.12. The first-order chi connectivity index (χ1) is 21.3. The van der Waals surface area contributed by atoms with E-state index >= 15 is 0 Å². The molecule has 14 heteroatoms. The van der Waals surface area contributed by atoms with Crippen LogP contribution in [0.1, 0.15) is 59.5 Å². The van der Waals surface area contributed by atoms with E-state index < -0.39 is 80.3 Å². The molecule has 0 aliphatic heterocycles. The van der Waals surface area contributed by atoms with Gasteiger partial charge in [0.25, 0.3) is 0 Å². The highest BCUT2D eigenvalue weighted by Gasteiger charge is 2.38. The van der Waals surface area contributed by atoms with Crippen molar-refractivity contribution in [2.75, 3.05) is 18.0 Å². The van der Waals surface area contributed by atoms with Gasteiger partial charge >= 0.3 is 5.97 Å². The number of phenols is 1. The van der Waals surface area contributed by atoms with Crippen molar-refractivity contribution in [1.82, 2.24) is 4.31 Å². The lowest BCUT2D eigenvalue weighted by atomic mass is 9.84. The zero-order chi connectivity index (χ0) is 33.1. The number of carboxylic acid groups (broad SMARTS) is 1. The molecule has 240 valence electrons. The number of anilines is 1. The van der Waals surface area contributed by atoms with E-state index in [0.29, 0.717) is 11.5 Å². The molecule has 8 nitrogen and oxygen atoms in total. The number of hydrogen-bond donors (Lipinski definition) is 2. The van der Waals surface area contributed by atoms with E-state index in [4.69, 9.17) is 0 Å². The molecule has 0 radical (unpaired) electrons. The van der Waals surface area contributed by atoms with Crippen molar-refractivity contribution < 1.29 is 50.2 Å². The van der Waals surface area contributed by atoms with E-state index in [0.717, 1.165) is 54.4 Å². The molecule has 1 aliphatic rings. The zero-order valence-corrected chi connectivity index (χ0v) is 24.6. The lowest BCUT2D eigenvalue weighted by Crippen LogP contribution is -2.43. The van der Waals surface area contributed by atoms with Crippen LogP contribution in [0.3, 0.4) is 0 Å². The first-order valence-electron chi connectivity index (χ1n) is 13.9. The maximum Gasteiger partial charge on any atom is 0.339 e. The average Bonchev–Trinajstić information content (AvgIpc) is 3.01. The van der Waals surface area contributed by atoms with Gasteiger partial charge in [0, 0.05) is 18.3 Å². The molecule has 4 rings (SSSR count). The van der Waals surface area contributed by atoms with E-state index in [1.807, 2.05) is 12.1 Å². The predicted octanol–water partition coefficient (Wildman–Crippen LogP) is 6.24. The van der Waals surface area contributed by atoms with Crippen LogP contribution in [0, 0.1) is 29.1 Å². The molecule has 1 saturated carbocycles. The van der Waals surface area contributed by atoms with Crippen molar-refractivity contribution in [1.29, 1.82) is 0 Å². The van der Waals surface area contributed by atoms with Gasteiger partial charge in [-0.1, -0.05) is 49.6 Å². The second kappa shape index (κ2) is 13.8. The van der Waals surface area contributed by atoms with E-state index in [2.05, 4.69) is 6.58 Å². The number of hydrogen-bond acceptors (Lipinski definition) is 5. The summed E-state index contributed by atoms with van der Waals surface area (Å²) in [4.78, 5) is 24.0. The fourth-order valence-corrected chi connectivity index (χ4v) is 6.75. The van der Waals surface area contributed by atoms with Gasteiger partial charge in [0.05, 0.1) is 13.1 Å². The number of rotatable bonds is 11. The first kappa shape index (κ1) is 33.6. The number of sulfonamides is 1. The molecule has 0 aromatic heterocycles. The van der Waals surface area contributed by atoms with E-state index in [9.17, 15) is 50.2 Å². The van der Waals surface area contributed by atoms with Crippen molar-refractivity contribution >= 4 is 27.6 Å². The van der Waals surface area contributed by atoms with Gasteiger partial charge in [-0.2, -0.15) is 4.31 Å². The summed E-state index contributed by atoms with van der Waals surface area (Å²) in [5.74, 6) is -15.5. The standard InChI is InChI=1S/C31H29F5N2O6S/c1-2-14-37(45(43,44)30-28(35)26(33)25(32)27(34)29(30)36)17-24(40)38(21-12-13-22(31(41)42)23(39)15-21)16-18-8-10-20(11-9-18)19-6-4-3-5-7-19/h2,8-13,15,19,39H,1,3-7,14,16-17H2,(H,41,42). The molecule has 0 bridgehead atoms. The number of halogens is 5. The smallest absolute Gasteiger partial charge is 0.339 e. The third kappa shape index (κ3) is 7.01. The topological polar surface area (TPSA) is 115 Å². The monoisotopic (exact) mass is 652 g/mol. The van der Waals surface area contributed by atoms with Gasteiger partial charge in [-0.3, -0.25) is 4.79 Å². The van der Waals surface area contributed by atoms with Crippen LogP contribution < -0.4 is 4.90 Å². The second-order valence-electron chi connectivity index (χ2n) is 10.5. The molecular formula is C31H29F5N2O6S. The molecule has 3 aromatic rings. The summed E-state index contributed by atoms with van der Waals surface area (Å²) in [6.07, 6.45) is 6.41. The molecule has 3 aromatic carbocycles. The normalized spacial score (nSPS) is 14.0. The largest absolute Gasteiger partial charge is 0.507 e. The highest BCUT2D eigenvalue weighted by molar-refractivity contribution is 7.89. The Hall–Kier alpha value is -4.30. The minimum absolute atomic E-state index is 0.0639. The van der Waals surface area contributed by atoms with Gasteiger partial charge in [0.15, 0.2) is 28.2 Å². The second-order valence-corrected chi connectivity index (χ2v) is 12.4. The van der Waals surface area contributed by atoms with Gasteiger partial charge in [0.1, 0.15) is 11.3 Å². The number of amides is 1. The lowest BCUT2D eigenvalue weighted by Gasteiger charge is -2.28. The Morgan fingerprint density at radius 1 is 0.889 bits per heavy atom. The van der Waals surface area contributed by atoms with E-state index in [-0.39, 0.29) is 16.5 Å². The molecule has 1 amide bonds. The van der Waals surface area contributed by atoms with Gasteiger partial charge in [0.2, 0.25) is 21.7 Å². The van der Waals surface area contributed by atoms with Crippen LogP contribution in [0.5, 0.6) is 5.75 Å². The summed E-state index contributed by atoms with van der Waals surface area (Å²) < 4.78 is 97.2. The quantitative estimate of drug-likeness (QED) is 0.110. The zero-order valence-electron chi connectivity index (χ0n) is 23.8. The van der Waals surface area contributed by atoms with Crippen LogP contribution >= 0.6 is 0 Å². The number of aromatic hydroxyl groups is 1. The molecule has 1 aliphatic carbocycles. The SMILES string of the molecule is C=CCN(CC(=O)N(Cc1ccc(C2CCCCC2)cc1)c1ccc(C(=O)O)c(O)c1)S(=O)(=O)c1c(F)c(F)c(F)c(F)c1F. The molecule has 2 N–H and O–H groups in total. The van der Waals surface area contributed by atoms with Crippen molar-refractivity contribution in [3.63, 3.8) is 0 Å². The number of benzene rings is 3. The van der Waals surface area contributed by atoms with Gasteiger partial charge in [-0.25, -0.2) is 35.2 Å². The number of carboxylic acids is 1. The first-order valence-corrected chi connectivity index (χ1v) is 15.3. The Labute approximate surface area is 256 Å². The summed E-state index contributed by atoms with van der Waals surface area (Å²) >= 11 is 0. The van der Waals surface area contributed by atoms with Gasteiger partial charge < -0.3 is 15.1 Å². The lowest BCUT2D eigenvalue weighted by molar-refractivity contribution is -0.118. The Morgan fingerprint density at radius 2 is 1.47 bits per heavy atom. The van der Waals surface area contributed by atoms with Gasteiger partial charge in [-0.15, -0.1) is 6.58 Å². The van der Waals surface area contributed by atoms with Gasteiger partial charge in [-0.05, 0) is 42.0 Å². The van der Waals surface area contributed by atoms with Crippen LogP contribution in [0.25, 0.3) is 0 Å². The van der Waals surface area contributed by atoms with Crippen molar-refractivity contribution in [3.8, 4) is 5.75 Å². The summed E-state index contributed by atoms with van der Waals surface area (Å²) in [5, 5.41) is 19.6. The average molecular weight is 653 g/mol. The van der Waals surface area contributed by atoms with Crippen LogP contribution in [-0.4, -0.2) is 47.9 Å². The van der Waals surface area contributed by atoms with Crippen molar-refractivity contribution in [3.05, 3.63) is 101 Å². The molecule has 0 saturated heterocycles. The van der Waals surface area contributed by atoms with Crippen LogP contribution in [0.2, 0.25) is 0 Å². The van der Waals surface area contributed by atoms with E-state index in [1.165, 1.54) is 12.5 Å². The molecule has 1 fully saturated rings. The fourth-order valence-electron chi connectivity index (χ4n) is 5.27. The predicted molar refractivity (Wildman–Crippen MR) is 154 cm³/mol. The minimum Gasteiger partial charge on any atom is -0.507 e. The molecular weight excluding hydrogens is 623 g/mol. The maximum absolute atomic E-state index is 14.5. The third-order valence-corrected chi connectivity index (χ3v) is 9.47. The Balaban J connectivity index is 1.71. The molecule has 0 unspecified atom stereocenters. The number of nitrogens with zero attached hydrogens (tertiary/aromatic N) is 2. The third-order valence-electron chi connectivity index (χ3n) is 7.63. The molecule has 45 heavy (non-hydrogen) atoms. The summed E-state index contributed by atoms with van der Waals surface area (Å²) in [7, 11) is -5.52.